The van der Waals surface area contributed by atoms with Crippen LogP contribution in [0.15, 0.2) is 60.9 Å². The Morgan fingerprint density at radius 3 is 2.74 bits per heavy atom. The Hall–Kier alpha value is -4.24. The molecule has 3 aromatic heterocycles. The van der Waals surface area contributed by atoms with Crippen LogP contribution in [0.25, 0.3) is 33.2 Å². The summed E-state index contributed by atoms with van der Waals surface area (Å²) in [5.74, 6) is 2.55. The number of aromatic amines is 2. The lowest BCUT2D eigenvalue weighted by Gasteiger charge is -2.16. The molecule has 0 radical (unpaired) electrons. The van der Waals surface area contributed by atoms with Gasteiger partial charge in [-0.15, -0.1) is 0 Å². The van der Waals surface area contributed by atoms with Crippen molar-refractivity contribution in [3.63, 3.8) is 0 Å². The zero-order valence-electron chi connectivity index (χ0n) is 19.0. The molecule has 0 aliphatic carbocycles. The molecule has 2 aromatic carbocycles. The number of benzene rings is 2. The van der Waals surface area contributed by atoms with Crippen molar-refractivity contribution in [1.82, 2.24) is 35.4 Å². The van der Waals surface area contributed by atoms with Crippen LogP contribution in [0.2, 0.25) is 0 Å². The first-order valence-electron chi connectivity index (χ1n) is 11.9. The Kier molecular flexibility index (Phi) is 4.56. The number of fused-ring (bicyclic) bond motifs is 3. The second-order valence-electron chi connectivity index (χ2n) is 9.44. The van der Waals surface area contributed by atoms with Crippen LogP contribution in [0.4, 0.5) is 11.5 Å². The van der Waals surface area contributed by atoms with Gasteiger partial charge in [-0.3, -0.25) is 9.89 Å². The van der Waals surface area contributed by atoms with Crippen LogP contribution in [0.5, 0.6) is 0 Å². The zero-order valence-corrected chi connectivity index (χ0v) is 19.0. The van der Waals surface area contributed by atoms with E-state index >= 15 is 0 Å². The molecule has 2 aliphatic heterocycles. The van der Waals surface area contributed by atoms with Crippen molar-refractivity contribution >= 4 is 39.2 Å². The van der Waals surface area contributed by atoms with Gasteiger partial charge in [0.25, 0.3) is 5.91 Å². The number of nitrogens with one attached hydrogen (secondary N) is 4. The molecule has 0 bridgehead atoms. The third-order valence-electron chi connectivity index (χ3n) is 7.16. The van der Waals surface area contributed by atoms with Crippen LogP contribution in [0.1, 0.15) is 10.5 Å². The summed E-state index contributed by atoms with van der Waals surface area (Å²) in [5.41, 5.74) is 4.33. The molecule has 35 heavy (non-hydrogen) atoms. The summed E-state index contributed by atoms with van der Waals surface area (Å²) in [4.78, 5) is 27.6. The minimum atomic E-state index is 0.0780. The van der Waals surface area contributed by atoms with E-state index in [2.05, 4.69) is 30.8 Å². The number of anilines is 2. The monoisotopic (exact) mass is 464 g/mol. The van der Waals surface area contributed by atoms with Crippen LogP contribution < -0.4 is 10.6 Å². The van der Waals surface area contributed by atoms with Crippen LogP contribution >= 0.6 is 0 Å². The van der Waals surface area contributed by atoms with Gasteiger partial charge in [0.2, 0.25) is 0 Å². The van der Waals surface area contributed by atoms with E-state index in [1.807, 2.05) is 53.4 Å². The number of hydrogen-bond donors (Lipinski definition) is 4. The maximum atomic E-state index is 13.1. The molecule has 5 aromatic rings. The van der Waals surface area contributed by atoms with Gasteiger partial charge in [-0.25, -0.2) is 9.97 Å². The lowest BCUT2D eigenvalue weighted by Crippen LogP contribution is -2.32. The maximum absolute atomic E-state index is 13.1. The highest BCUT2D eigenvalue weighted by Gasteiger charge is 2.38. The summed E-state index contributed by atoms with van der Waals surface area (Å²) >= 11 is 0. The van der Waals surface area contributed by atoms with E-state index in [0.717, 1.165) is 59.2 Å². The largest absolute Gasteiger partial charge is 0.351 e. The fourth-order valence-electron chi connectivity index (χ4n) is 5.31. The molecular formula is C26H24N8O. The minimum absolute atomic E-state index is 0.0780. The summed E-state index contributed by atoms with van der Waals surface area (Å²) in [6.45, 7) is 3.68. The summed E-state index contributed by atoms with van der Waals surface area (Å²) in [5, 5.41) is 15.8. The van der Waals surface area contributed by atoms with Crippen molar-refractivity contribution < 1.29 is 4.79 Å². The first kappa shape index (κ1) is 20.2. The predicted molar refractivity (Wildman–Crippen MR) is 134 cm³/mol. The average molecular weight is 465 g/mol. The van der Waals surface area contributed by atoms with Gasteiger partial charge in [-0.2, -0.15) is 5.10 Å². The topological polar surface area (TPSA) is 115 Å². The molecule has 2 aliphatic rings. The number of likely N-dealkylation sites (tertiary alicyclic amines) is 1. The van der Waals surface area contributed by atoms with Crippen molar-refractivity contribution in [1.29, 1.82) is 0 Å². The molecule has 2 saturated heterocycles. The molecule has 2 fully saturated rings. The number of rotatable bonds is 4. The van der Waals surface area contributed by atoms with Crippen molar-refractivity contribution in [2.45, 2.75) is 0 Å². The number of hydrogen-bond acceptors (Lipinski definition) is 6. The highest BCUT2D eigenvalue weighted by molar-refractivity contribution is 5.99. The number of aromatic nitrogens is 5. The lowest BCUT2D eigenvalue weighted by atomic mass is 10.0. The summed E-state index contributed by atoms with van der Waals surface area (Å²) in [6, 6.07) is 15.8. The number of nitrogens with zero attached hydrogens (tertiary/aromatic N) is 4. The highest BCUT2D eigenvalue weighted by Crippen LogP contribution is 2.29. The summed E-state index contributed by atoms with van der Waals surface area (Å²) < 4.78 is 0. The van der Waals surface area contributed by atoms with Crippen molar-refractivity contribution in [3.05, 3.63) is 66.6 Å². The molecular weight excluding hydrogens is 440 g/mol. The fourth-order valence-corrected chi connectivity index (χ4v) is 5.31. The first-order valence-corrected chi connectivity index (χ1v) is 11.9. The van der Waals surface area contributed by atoms with Gasteiger partial charge in [0.05, 0.1) is 11.7 Å². The Morgan fingerprint density at radius 2 is 1.86 bits per heavy atom. The van der Waals surface area contributed by atoms with Crippen molar-refractivity contribution in [2.24, 2.45) is 11.8 Å². The molecule has 1 amide bonds. The quantitative estimate of drug-likeness (QED) is 0.324. The number of H-pyrrole nitrogens is 2. The molecule has 7 rings (SSSR count). The van der Waals surface area contributed by atoms with Gasteiger partial charge in [-0.1, -0.05) is 12.1 Å². The summed E-state index contributed by atoms with van der Waals surface area (Å²) in [7, 11) is 0. The molecule has 0 spiro atoms. The van der Waals surface area contributed by atoms with E-state index in [-0.39, 0.29) is 5.91 Å². The number of amides is 1. The molecule has 0 saturated carbocycles. The number of carbonyl (C=O) groups excluding carboxylic acids is 1. The number of carbonyl (C=O) groups is 1. The van der Waals surface area contributed by atoms with E-state index in [1.54, 1.807) is 12.4 Å². The SMILES string of the molecule is O=C(c1cc2ccc(-c3nccc(Nc4ccc5[nH]ncc5c4)n3)cc2[nH]1)N1CC2CNCC2C1. The van der Waals surface area contributed by atoms with E-state index in [4.69, 9.17) is 4.98 Å². The van der Waals surface area contributed by atoms with Crippen molar-refractivity contribution in [3.8, 4) is 11.4 Å². The second-order valence-corrected chi connectivity index (χ2v) is 9.44. The van der Waals surface area contributed by atoms with Crippen LogP contribution in [-0.2, 0) is 0 Å². The normalized spacial score (nSPS) is 19.5. The van der Waals surface area contributed by atoms with Crippen LogP contribution in [0.3, 0.4) is 0 Å². The van der Waals surface area contributed by atoms with Gasteiger partial charge in [0.15, 0.2) is 5.82 Å². The van der Waals surface area contributed by atoms with E-state index in [0.29, 0.717) is 29.2 Å². The van der Waals surface area contributed by atoms with Gasteiger partial charge >= 0.3 is 0 Å². The zero-order chi connectivity index (χ0) is 23.4. The molecule has 2 unspecified atom stereocenters. The highest BCUT2D eigenvalue weighted by atomic mass is 16.2. The Morgan fingerprint density at radius 1 is 0.971 bits per heavy atom. The molecule has 9 heteroatoms. The first-order chi connectivity index (χ1) is 17.2. The van der Waals surface area contributed by atoms with Gasteiger partial charge in [-0.05, 0) is 48.2 Å². The molecule has 9 nitrogen and oxygen atoms in total. The average Bonchev–Trinajstić information content (AvgIpc) is 3.66. The minimum Gasteiger partial charge on any atom is -0.351 e. The molecule has 174 valence electrons. The third-order valence-corrected chi connectivity index (χ3v) is 7.16. The molecule has 2 atom stereocenters. The van der Waals surface area contributed by atoms with Crippen LogP contribution in [0, 0.1) is 11.8 Å². The maximum Gasteiger partial charge on any atom is 0.270 e. The molecule has 5 heterocycles. The van der Waals surface area contributed by atoms with Crippen molar-refractivity contribution in [2.75, 3.05) is 31.5 Å². The second kappa shape index (κ2) is 7.92. The van der Waals surface area contributed by atoms with Gasteiger partial charge in [0.1, 0.15) is 11.5 Å². The predicted octanol–water partition coefficient (Wildman–Crippen LogP) is 3.54. The Labute approximate surface area is 201 Å². The summed E-state index contributed by atoms with van der Waals surface area (Å²) in [6.07, 6.45) is 3.54. The fraction of sp³-hybridized carbons (Fsp3) is 0.231. The van der Waals surface area contributed by atoms with Crippen LogP contribution in [-0.4, -0.2) is 62.1 Å². The van der Waals surface area contributed by atoms with E-state index < -0.39 is 0 Å². The van der Waals surface area contributed by atoms with Gasteiger partial charge in [0, 0.05) is 59.9 Å². The third kappa shape index (κ3) is 3.60. The smallest absolute Gasteiger partial charge is 0.270 e. The Bertz CT molecular complexity index is 1560. The Balaban J connectivity index is 1.13. The molecule has 4 N–H and O–H groups in total. The van der Waals surface area contributed by atoms with E-state index in [9.17, 15) is 4.79 Å². The van der Waals surface area contributed by atoms with E-state index in [1.165, 1.54) is 0 Å². The standard InChI is InChI=1S/C26H24N8O/c35-26(34-13-18-10-27-11-19(18)14-34)23-8-15-1-2-16(9-22(15)31-23)25-28-6-5-24(32-25)30-20-3-4-21-17(7-20)12-29-33-21/h1-9,12,18-19,27,31H,10-11,13-14H2,(H,29,33)(H,28,30,32). The lowest BCUT2D eigenvalue weighted by molar-refractivity contribution is 0.0777. The van der Waals surface area contributed by atoms with Gasteiger partial charge < -0.3 is 20.5 Å².